The summed E-state index contributed by atoms with van der Waals surface area (Å²) in [5.74, 6) is 6.99. The summed E-state index contributed by atoms with van der Waals surface area (Å²) in [7, 11) is 3.41. The number of ether oxygens (including phenoxy) is 2. The fourth-order valence-electron chi connectivity index (χ4n) is 3.05. The molecule has 0 aliphatic carbocycles. The predicted octanol–water partition coefficient (Wildman–Crippen LogP) is 3.23. The second-order valence-corrected chi connectivity index (χ2v) is 7.35. The zero-order valence-electron chi connectivity index (χ0n) is 18.6. The van der Waals surface area contributed by atoms with E-state index in [0.717, 1.165) is 6.54 Å². The first-order chi connectivity index (χ1) is 15.5. The molecular formula is C25H28N4O3. The van der Waals surface area contributed by atoms with E-state index < -0.39 is 0 Å². The van der Waals surface area contributed by atoms with Crippen molar-refractivity contribution in [2.45, 2.75) is 19.6 Å². The first-order valence-electron chi connectivity index (χ1n) is 10.4. The maximum Gasteiger partial charge on any atom is 0.257 e. The highest BCUT2D eigenvalue weighted by atomic mass is 16.5. The van der Waals surface area contributed by atoms with Crippen LogP contribution in [0.5, 0.6) is 5.75 Å². The van der Waals surface area contributed by atoms with Crippen LogP contribution in [0.15, 0.2) is 60.8 Å². The van der Waals surface area contributed by atoms with Gasteiger partial charge in [0, 0.05) is 44.1 Å². The highest BCUT2D eigenvalue weighted by Crippen LogP contribution is 2.19. The SMILES string of the molecule is COC[C@H](C)Oc1cc(C#CCNCc2ccccc2)cc(C(=O)Nc2ccn(C)n2)c1. The van der Waals surface area contributed by atoms with Crippen molar-refractivity contribution in [3.05, 3.63) is 77.5 Å². The van der Waals surface area contributed by atoms with E-state index in [1.165, 1.54) is 5.56 Å². The number of aromatic nitrogens is 2. The van der Waals surface area contributed by atoms with Crippen LogP contribution < -0.4 is 15.4 Å². The van der Waals surface area contributed by atoms with Crippen molar-refractivity contribution < 1.29 is 14.3 Å². The van der Waals surface area contributed by atoms with Gasteiger partial charge in [-0.15, -0.1) is 0 Å². The van der Waals surface area contributed by atoms with Crippen molar-refractivity contribution in [3.8, 4) is 17.6 Å². The van der Waals surface area contributed by atoms with Gasteiger partial charge in [-0.3, -0.25) is 9.48 Å². The molecule has 3 aromatic rings. The normalized spacial score (nSPS) is 11.3. The number of rotatable bonds is 9. The molecule has 0 fully saturated rings. The average Bonchev–Trinajstić information content (AvgIpc) is 3.18. The number of nitrogens with zero attached hydrogens (tertiary/aromatic N) is 2. The standard InChI is InChI=1S/C25H28N4O3/c1-19(18-31-3)32-23-15-21(10-7-12-26-17-20-8-5-4-6-9-20)14-22(16-23)25(30)27-24-11-13-29(2)28-24/h4-6,8-9,11,13-16,19,26H,12,17-18H2,1-3H3,(H,27,28,30)/t19-/m0/s1. The molecular weight excluding hydrogens is 404 g/mol. The van der Waals surface area contributed by atoms with Crippen molar-refractivity contribution in [1.82, 2.24) is 15.1 Å². The molecule has 2 N–H and O–H groups in total. The Balaban J connectivity index is 1.71. The molecule has 0 aliphatic rings. The summed E-state index contributed by atoms with van der Waals surface area (Å²) in [6, 6.07) is 17.1. The highest BCUT2D eigenvalue weighted by molar-refractivity contribution is 6.04. The molecule has 0 bridgehead atoms. The summed E-state index contributed by atoms with van der Waals surface area (Å²) in [5.41, 5.74) is 2.34. The van der Waals surface area contributed by atoms with Crippen LogP contribution in [0.3, 0.4) is 0 Å². The molecule has 1 atom stereocenters. The van der Waals surface area contributed by atoms with E-state index in [-0.39, 0.29) is 12.0 Å². The number of carbonyl (C=O) groups excluding carboxylic acids is 1. The van der Waals surface area contributed by atoms with Crippen LogP contribution >= 0.6 is 0 Å². The molecule has 2 aromatic carbocycles. The second kappa shape index (κ2) is 11.7. The van der Waals surface area contributed by atoms with Crippen LogP contribution in [-0.4, -0.2) is 42.1 Å². The van der Waals surface area contributed by atoms with Crippen molar-refractivity contribution in [3.63, 3.8) is 0 Å². The zero-order valence-corrected chi connectivity index (χ0v) is 18.6. The van der Waals surface area contributed by atoms with Gasteiger partial charge in [0.25, 0.3) is 5.91 Å². The lowest BCUT2D eigenvalue weighted by molar-refractivity contribution is 0.0917. The summed E-state index contributed by atoms with van der Waals surface area (Å²) in [5, 5.41) is 10.3. The number of aryl methyl sites for hydroxylation is 1. The smallest absolute Gasteiger partial charge is 0.257 e. The Morgan fingerprint density at radius 3 is 2.72 bits per heavy atom. The number of hydrogen-bond donors (Lipinski definition) is 2. The Morgan fingerprint density at radius 2 is 2.00 bits per heavy atom. The minimum Gasteiger partial charge on any atom is -0.488 e. The molecule has 7 nitrogen and oxygen atoms in total. The molecule has 166 valence electrons. The molecule has 32 heavy (non-hydrogen) atoms. The van der Waals surface area contributed by atoms with Crippen molar-refractivity contribution in [2.75, 3.05) is 25.6 Å². The molecule has 0 saturated heterocycles. The number of carbonyl (C=O) groups is 1. The molecule has 7 heteroatoms. The fraction of sp³-hybridized carbons (Fsp3) is 0.280. The molecule has 0 spiro atoms. The van der Waals surface area contributed by atoms with Gasteiger partial charge >= 0.3 is 0 Å². The monoisotopic (exact) mass is 432 g/mol. The molecule has 0 unspecified atom stereocenters. The van der Waals surface area contributed by atoms with E-state index in [0.29, 0.717) is 35.8 Å². The third kappa shape index (κ3) is 7.27. The second-order valence-electron chi connectivity index (χ2n) is 7.35. The first-order valence-corrected chi connectivity index (χ1v) is 10.4. The van der Waals surface area contributed by atoms with E-state index in [1.807, 2.05) is 31.2 Å². The van der Waals surface area contributed by atoms with Crippen LogP contribution in [-0.2, 0) is 18.3 Å². The van der Waals surface area contributed by atoms with E-state index in [1.54, 1.807) is 43.2 Å². The minimum absolute atomic E-state index is 0.164. The van der Waals surface area contributed by atoms with Crippen LogP contribution in [0.1, 0.15) is 28.4 Å². The number of anilines is 1. The van der Waals surface area contributed by atoms with E-state index in [4.69, 9.17) is 9.47 Å². The lowest BCUT2D eigenvalue weighted by Crippen LogP contribution is -2.19. The quantitative estimate of drug-likeness (QED) is 0.401. The van der Waals surface area contributed by atoms with Gasteiger partial charge in [0.1, 0.15) is 11.9 Å². The molecule has 1 heterocycles. The van der Waals surface area contributed by atoms with E-state index in [9.17, 15) is 4.79 Å². The summed E-state index contributed by atoms with van der Waals surface area (Å²) in [6.45, 7) is 3.61. The minimum atomic E-state index is -0.279. The van der Waals surface area contributed by atoms with Gasteiger partial charge in [-0.2, -0.15) is 5.10 Å². The maximum atomic E-state index is 12.8. The van der Waals surface area contributed by atoms with E-state index in [2.05, 4.69) is 39.7 Å². The van der Waals surface area contributed by atoms with Crippen molar-refractivity contribution in [2.24, 2.45) is 7.05 Å². The Kier molecular flexibility index (Phi) is 8.44. The largest absolute Gasteiger partial charge is 0.488 e. The van der Waals surface area contributed by atoms with Crippen molar-refractivity contribution in [1.29, 1.82) is 0 Å². The Hall–Kier alpha value is -3.60. The molecule has 3 rings (SSSR count). The fourth-order valence-corrected chi connectivity index (χ4v) is 3.05. The van der Waals surface area contributed by atoms with Gasteiger partial charge < -0.3 is 20.1 Å². The lowest BCUT2D eigenvalue weighted by Gasteiger charge is -2.15. The molecule has 0 radical (unpaired) electrons. The number of hydrogen-bond acceptors (Lipinski definition) is 5. The van der Waals surface area contributed by atoms with Gasteiger partial charge in [0.15, 0.2) is 5.82 Å². The van der Waals surface area contributed by atoms with Crippen LogP contribution in [0.2, 0.25) is 0 Å². The first kappa shape index (κ1) is 23.1. The zero-order chi connectivity index (χ0) is 22.8. The van der Waals surface area contributed by atoms with Crippen molar-refractivity contribution >= 4 is 11.7 Å². The maximum absolute atomic E-state index is 12.8. The molecule has 1 aromatic heterocycles. The van der Waals surface area contributed by atoms with Gasteiger partial charge in [0.05, 0.1) is 13.2 Å². The number of nitrogens with one attached hydrogen (secondary N) is 2. The molecule has 1 amide bonds. The van der Waals surface area contributed by atoms with Crippen LogP contribution in [0.25, 0.3) is 0 Å². The van der Waals surface area contributed by atoms with E-state index >= 15 is 0 Å². The summed E-state index contributed by atoms with van der Waals surface area (Å²) in [6.07, 6.45) is 1.60. The number of methoxy groups -OCH3 is 1. The summed E-state index contributed by atoms with van der Waals surface area (Å²) >= 11 is 0. The van der Waals surface area contributed by atoms with Gasteiger partial charge in [-0.1, -0.05) is 42.2 Å². The van der Waals surface area contributed by atoms with Crippen LogP contribution in [0.4, 0.5) is 5.82 Å². The third-order valence-electron chi connectivity index (χ3n) is 4.48. The molecule has 0 aliphatic heterocycles. The number of benzene rings is 2. The molecule has 0 saturated carbocycles. The lowest BCUT2D eigenvalue weighted by atomic mass is 10.1. The topological polar surface area (TPSA) is 77.4 Å². The Morgan fingerprint density at radius 1 is 1.19 bits per heavy atom. The van der Waals surface area contributed by atoms with Gasteiger partial charge in [-0.05, 0) is 30.7 Å². The average molecular weight is 433 g/mol. The Bertz CT molecular complexity index is 1080. The predicted molar refractivity (Wildman–Crippen MR) is 125 cm³/mol. The Labute approximate surface area is 188 Å². The third-order valence-corrected chi connectivity index (χ3v) is 4.48. The highest BCUT2D eigenvalue weighted by Gasteiger charge is 2.12. The number of amides is 1. The van der Waals surface area contributed by atoms with Gasteiger partial charge in [-0.25, -0.2) is 0 Å². The summed E-state index contributed by atoms with van der Waals surface area (Å²) < 4.78 is 12.7. The van der Waals surface area contributed by atoms with Gasteiger partial charge in [0.2, 0.25) is 0 Å². The summed E-state index contributed by atoms with van der Waals surface area (Å²) in [4.78, 5) is 12.8. The van der Waals surface area contributed by atoms with Crippen LogP contribution in [0, 0.1) is 11.8 Å².